The molecule has 272 valence electrons. The van der Waals surface area contributed by atoms with Crippen LogP contribution in [0.4, 0.5) is 27.6 Å². The number of allylic oxidation sites excluding steroid dienone is 2. The Hall–Kier alpha value is -4.40. The number of alkyl halides is 2. The Morgan fingerprint density at radius 1 is 0.865 bits per heavy atom. The Bertz CT molecular complexity index is 2120. The molecule has 3 aromatic rings. The molecule has 2 heterocycles. The van der Waals surface area contributed by atoms with Crippen LogP contribution in [0, 0.1) is 46.8 Å². The lowest BCUT2D eigenvalue weighted by molar-refractivity contribution is -0.140. The lowest BCUT2D eigenvalue weighted by Crippen LogP contribution is -2.60. The molecule has 2 N–H and O–H groups in total. The predicted molar refractivity (Wildman–Crippen MR) is 175 cm³/mol. The number of hydrogen-bond acceptors (Lipinski definition) is 7. The number of methoxy groups -OCH3 is 1. The molecule has 2 saturated heterocycles. The van der Waals surface area contributed by atoms with Gasteiger partial charge in [0.15, 0.2) is 44.5 Å². The van der Waals surface area contributed by atoms with Crippen molar-refractivity contribution in [3.05, 3.63) is 93.3 Å². The molecule has 17 heteroatoms. The summed E-state index contributed by atoms with van der Waals surface area (Å²) in [5.74, 6) is -22.5. The van der Waals surface area contributed by atoms with Gasteiger partial charge in [-0.2, -0.15) is 0 Å². The molecule has 4 aliphatic rings. The molecule has 6 unspecified atom stereocenters. The number of halogens is 8. The number of rotatable bonds is 6. The van der Waals surface area contributed by atoms with Crippen LogP contribution in [0.15, 0.2) is 48.0 Å². The maximum atomic E-state index is 15.2. The molecule has 7 rings (SSSR count). The summed E-state index contributed by atoms with van der Waals surface area (Å²) in [7, 11) is 1.18. The van der Waals surface area contributed by atoms with Gasteiger partial charge >= 0.3 is 0 Å². The van der Waals surface area contributed by atoms with E-state index >= 15 is 8.78 Å². The van der Waals surface area contributed by atoms with Crippen molar-refractivity contribution in [1.29, 1.82) is 0 Å². The minimum atomic E-state index is -2.77. The third-order valence-corrected chi connectivity index (χ3v) is 12.2. The van der Waals surface area contributed by atoms with E-state index in [1.807, 2.05) is 0 Å². The maximum absolute atomic E-state index is 15.2. The van der Waals surface area contributed by atoms with Crippen LogP contribution in [-0.4, -0.2) is 62.1 Å². The minimum Gasteiger partial charge on any atom is -0.508 e. The van der Waals surface area contributed by atoms with E-state index in [0.717, 1.165) is 11.0 Å². The SMILES string of the molecule is COc1cc(C2C3=CCC4C(=O)N(CCc5ccc(O)cc5)C(=O)C4C3CC3(Cl)C(=O)N(c4c(F)c(F)c(F)c(F)c4F)C(=O)C23Cl)cc(Cl)c1O. The Kier molecular flexibility index (Phi) is 8.54. The summed E-state index contributed by atoms with van der Waals surface area (Å²) in [4.78, 5) is 51.9. The van der Waals surface area contributed by atoms with Crippen LogP contribution in [0.2, 0.25) is 5.02 Å². The number of nitrogens with zero attached hydrogens (tertiary/aromatic N) is 2. The van der Waals surface area contributed by atoms with Crippen LogP contribution in [0.3, 0.4) is 0 Å². The molecule has 3 fully saturated rings. The molecule has 0 bridgehead atoms. The van der Waals surface area contributed by atoms with Gasteiger partial charge in [0.1, 0.15) is 11.4 Å². The van der Waals surface area contributed by atoms with Gasteiger partial charge in [-0.05, 0) is 60.6 Å². The third-order valence-electron chi connectivity index (χ3n) is 10.5. The van der Waals surface area contributed by atoms with Crippen molar-refractivity contribution < 1.29 is 56.1 Å². The number of ether oxygens (including phenoxy) is 1. The van der Waals surface area contributed by atoms with Crippen molar-refractivity contribution in [3.8, 4) is 17.2 Å². The highest BCUT2D eigenvalue weighted by Crippen LogP contribution is 2.66. The number of aromatic hydroxyl groups is 2. The molecule has 0 radical (unpaired) electrons. The van der Waals surface area contributed by atoms with Crippen molar-refractivity contribution in [3.63, 3.8) is 0 Å². The summed E-state index contributed by atoms with van der Waals surface area (Å²) >= 11 is 20.6. The van der Waals surface area contributed by atoms with Crippen LogP contribution < -0.4 is 9.64 Å². The van der Waals surface area contributed by atoms with Crippen molar-refractivity contribution >= 4 is 64.1 Å². The zero-order valence-electron chi connectivity index (χ0n) is 26.5. The van der Waals surface area contributed by atoms with E-state index in [9.17, 15) is 42.6 Å². The summed E-state index contributed by atoms with van der Waals surface area (Å²) in [6.45, 7) is -0.0530. The number of imide groups is 2. The normalized spacial score (nSPS) is 28.2. The lowest BCUT2D eigenvalue weighted by atomic mass is 9.56. The van der Waals surface area contributed by atoms with E-state index in [2.05, 4.69) is 0 Å². The third kappa shape index (κ3) is 4.79. The molecule has 0 spiro atoms. The van der Waals surface area contributed by atoms with E-state index in [0.29, 0.717) is 5.56 Å². The number of carbonyl (C=O) groups excluding carboxylic acids is 4. The van der Waals surface area contributed by atoms with Crippen molar-refractivity contribution in [1.82, 2.24) is 4.90 Å². The first-order valence-electron chi connectivity index (χ1n) is 15.7. The van der Waals surface area contributed by atoms with Gasteiger partial charge in [-0.15, -0.1) is 23.2 Å². The van der Waals surface area contributed by atoms with Gasteiger partial charge in [0, 0.05) is 12.5 Å². The van der Waals surface area contributed by atoms with Gasteiger partial charge < -0.3 is 14.9 Å². The van der Waals surface area contributed by atoms with Gasteiger partial charge in [0.2, 0.25) is 17.6 Å². The summed E-state index contributed by atoms with van der Waals surface area (Å²) in [5, 5.41) is 19.8. The molecule has 3 aromatic carbocycles. The van der Waals surface area contributed by atoms with Crippen LogP contribution >= 0.6 is 34.8 Å². The molecule has 2 aliphatic heterocycles. The van der Waals surface area contributed by atoms with E-state index in [1.54, 1.807) is 12.1 Å². The Morgan fingerprint density at radius 2 is 1.48 bits per heavy atom. The van der Waals surface area contributed by atoms with Crippen molar-refractivity contribution in [2.45, 2.75) is 34.9 Å². The summed E-state index contributed by atoms with van der Waals surface area (Å²) in [5.41, 5.74) is -1.02. The average molecular weight is 786 g/mol. The van der Waals surface area contributed by atoms with Gasteiger partial charge in [0.05, 0.1) is 24.0 Å². The first-order chi connectivity index (χ1) is 24.5. The second-order valence-electron chi connectivity index (χ2n) is 13.0. The lowest BCUT2D eigenvalue weighted by Gasteiger charge is -2.50. The standard InChI is InChI=1S/C35H24Cl3F5N2O7/c1-52-20-11-14(10-19(36)29(20)47)22-16-6-7-17-21(31(49)44(30(17)48)9-8-13-2-4-15(46)5-3-13)18(16)12-34(37)32(50)45(33(51)35(22,34)38)28-26(42)24(40)23(39)25(41)27(28)43/h2-6,10-11,17-18,21-22,46-47H,7-9,12H2,1H3. The predicted octanol–water partition coefficient (Wildman–Crippen LogP) is 6.26. The number of phenolic OH excluding ortho intramolecular Hbond substituents is 2. The van der Waals surface area contributed by atoms with E-state index in [4.69, 9.17) is 39.5 Å². The summed E-state index contributed by atoms with van der Waals surface area (Å²) < 4.78 is 78.7. The Balaban J connectivity index is 1.38. The summed E-state index contributed by atoms with van der Waals surface area (Å²) in [6.07, 6.45) is 1.04. The second kappa shape index (κ2) is 12.3. The largest absolute Gasteiger partial charge is 0.508 e. The van der Waals surface area contributed by atoms with Gasteiger partial charge in [-0.25, -0.2) is 26.9 Å². The first-order valence-corrected chi connectivity index (χ1v) is 16.8. The number of likely N-dealkylation sites (tertiary alicyclic amines) is 1. The average Bonchev–Trinajstić information content (AvgIpc) is 3.45. The number of phenols is 2. The van der Waals surface area contributed by atoms with Crippen LogP contribution in [0.1, 0.15) is 29.9 Å². The fourth-order valence-corrected chi connectivity index (χ4v) is 9.20. The van der Waals surface area contributed by atoms with Gasteiger partial charge in [0.25, 0.3) is 11.8 Å². The highest BCUT2D eigenvalue weighted by atomic mass is 35.5. The smallest absolute Gasteiger partial charge is 0.258 e. The maximum Gasteiger partial charge on any atom is 0.258 e. The molecule has 9 nitrogen and oxygen atoms in total. The molecular weight excluding hydrogens is 762 g/mol. The first kappa shape index (κ1) is 36.0. The quantitative estimate of drug-likeness (QED) is 0.0756. The second-order valence-corrected chi connectivity index (χ2v) is 14.6. The topological polar surface area (TPSA) is 124 Å². The number of anilines is 1. The fraction of sp³-hybridized carbons (Fsp3) is 0.314. The Morgan fingerprint density at radius 3 is 2.10 bits per heavy atom. The zero-order chi connectivity index (χ0) is 37.8. The molecule has 6 atom stereocenters. The molecule has 0 aromatic heterocycles. The number of carbonyl (C=O) groups is 4. The van der Waals surface area contributed by atoms with Crippen LogP contribution in [-0.2, 0) is 25.6 Å². The monoisotopic (exact) mass is 784 g/mol. The minimum absolute atomic E-state index is 0.0186. The van der Waals surface area contributed by atoms with E-state index < -0.39 is 104 Å². The van der Waals surface area contributed by atoms with Crippen molar-refractivity contribution in [2.24, 2.45) is 17.8 Å². The molecule has 52 heavy (non-hydrogen) atoms. The highest BCUT2D eigenvalue weighted by molar-refractivity contribution is 6.58. The Labute approximate surface area is 306 Å². The van der Waals surface area contributed by atoms with E-state index in [-0.39, 0.29) is 51.9 Å². The number of amides is 4. The molecule has 4 amide bonds. The molecule has 1 saturated carbocycles. The van der Waals surface area contributed by atoms with Gasteiger partial charge in [-0.1, -0.05) is 35.4 Å². The summed E-state index contributed by atoms with van der Waals surface area (Å²) in [6, 6.07) is 8.48. The number of fused-ring (bicyclic) bond motifs is 4. The number of hydrogen-bond donors (Lipinski definition) is 2. The fourth-order valence-electron chi connectivity index (χ4n) is 8.05. The van der Waals surface area contributed by atoms with Gasteiger partial charge in [-0.3, -0.25) is 24.1 Å². The highest BCUT2D eigenvalue weighted by Gasteiger charge is 2.77. The number of benzene rings is 3. The van der Waals surface area contributed by atoms with E-state index in [1.165, 1.54) is 31.4 Å². The zero-order valence-corrected chi connectivity index (χ0v) is 28.8. The molecular formula is C35H24Cl3F5N2O7. The van der Waals surface area contributed by atoms with Crippen LogP contribution in [0.5, 0.6) is 17.2 Å². The van der Waals surface area contributed by atoms with Crippen LogP contribution in [0.25, 0.3) is 0 Å². The molecule has 2 aliphatic carbocycles. The van der Waals surface area contributed by atoms with Crippen molar-refractivity contribution in [2.75, 3.05) is 18.6 Å².